The van der Waals surface area contributed by atoms with E-state index in [0.29, 0.717) is 57.4 Å². The minimum atomic E-state index is -4.92. The summed E-state index contributed by atoms with van der Waals surface area (Å²) in [6.45, 7) is 2.70. The summed E-state index contributed by atoms with van der Waals surface area (Å²) in [7, 11) is -12.4. The molecule has 5 rings (SSSR count). The predicted molar refractivity (Wildman–Crippen MR) is 214 cm³/mol. The van der Waals surface area contributed by atoms with E-state index in [1.807, 2.05) is 16.7 Å². The summed E-state index contributed by atoms with van der Waals surface area (Å²) >= 11 is 0. The van der Waals surface area contributed by atoms with Gasteiger partial charge in [-0.3, -0.25) is 9.59 Å². The number of rotatable bonds is 21. The second-order valence-electron chi connectivity index (χ2n) is 14.5. The number of carbonyl (C=O) groups is 3. The third kappa shape index (κ3) is 15.1. The summed E-state index contributed by atoms with van der Waals surface area (Å²) in [5, 5.41) is 1.13. The molecule has 1 aromatic rings. The third-order valence-electron chi connectivity index (χ3n) is 10.2. The van der Waals surface area contributed by atoms with Crippen molar-refractivity contribution < 1.29 is 131 Å². The maximum atomic E-state index is 12.3. The van der Waals surface area contributed by atoms with Crippen molar-refractivity contribution in [1.82, 2.24) is 9.64 Å². The van der Waals surface area contributed by atoms with Crippen LogP contribution in [0.1, 0.15) is 56.6 Å². The van der Waals surface area contributed by atoms with Crippen LogP contribution in [0.25, 0.3) is 17.4 Å². The number of carbonyl (C=O) groups excluding carboxylic acids is 3. The number of ether oxygens (including phenoxy) is 2. The van der Waals surface area contributed by atoms with Crippen molar-refractivity contribution in [3.8, 4) is 11.3 Å². The summed E-state index contributed by atoms with van der Waals surface area (Å²) < 4.78 is 124. The van der Waals surface area contributed by atoms with Crippen LogP contribution in [0.2, 0.25) is 0 Å². The number of allylic oxidation sites excluding steroid dienone is 3. The van der Waals surface area contributed by atoms with Gasteiger partial charge in [0.05, 0.1) is 57.1 Å². The zero-order valence-corrected chi connectivity index (χ0v) is 41.8. The molecule has 63 heavy (non-hydrogen) atoms. The van der Waals surface area contributed by atoms with Crippen LogP contribution in [0.15, 0.2) is 75.9 Å². The SMILES string of the molecule is COCC[N+](CCCS(=O)(=O)[O-])=c1ccc2c(/C=C/C=C3/N(CCOCCC(=O)ON4C(=O)CCC4=O)c4ccc(S(=O)(=O)[O-])cc4C3(C)CCCS(=O)(=O)[O-])ccoc-2c1.[Na+].[Na+]. The number of benzene rings is 2. The zero-order valence-electron chi connectivity index (χ0n) is 35.3. The number of imide groups is 1. The molecular weight excluding hydrogens is 909 g/mol. The average molecular weight is 954 g/mol. The molecule has 1 unspecified atom stereocenters. The number of hydrogen-bond donors (Lipinski definition) is 0. The molecule has 0 radical (unpaired) electrons. The Balaban J connectivity index is 0.00000528. The third-order valence-corrected chi connectivity index (χ3v) is 12.6. The second-order valence-corrected chi connectivity index (χ2v) is 18.9. The second kappa shape index (κ2) is 23.6. The molecule has 1 fully saturated rings. The van der Waals surface area contributed by atoms with Crippen molar-refractivity contribution in [2.45, 2.75) is 55.8 Å². The first-order chi connectivity index (χ1) is 28.7. The topological polar surface area (TPSA) is 273 Å². The molecule has 1 atom stereocenters. The van der Waals surface area contributed by atoms with Crippen molar-refractivity contribution >= 4 is 59.9 Å². The largest absolute Gasteiger partial charge is 1.00 e. The van der Waals surface area contributed by atoms with Crippen LogP contribution in [0.3, 0.4) is 0 Å². The molecule has 2 amide bonds. The van der Waals surface area contributed by atoms with Crippen molar-refractivity contribution in [2.75, 3.05) is 63.0 Å². The molecule has 1 aliphatic carbocycles. The summed E-state index contributed by atoms with van der Waals surface area (Å²) in [5.74, 6) is -2.84. The maximum Gasteiger partial charge on any atom is 1.00 e. The minimum absolute atomic E-state index is 0. The van der Waals surface area contributed by atoms with Crippen molar-refractivity contribution in [3.05, 3.63) is 83.1 Å². The van der Waals surface area contributed by atoms with Gasteiger partial charge in [0.25, 0.3) is 11.8 Å². The fraction of sp³-hybridized carbons (Fsp3) is 0.436. The minimum Gasteiger partial charge on any atom is -0.748 e. The van der Waals surface area contributed by atoms with Crippen LogP contribution in [-0.2, 0) is 64.5 Å². The number of anilines is 1. The molecule has 19 nitrogen and oxygen atoms in total. The monoisotopic (exact) mass is 953 g/mol. The van der Waals surface area contributed by atoms with Crippen LogP contribution >= 0.6 is 0 Å². The number of fused-ring (bicyclic) bond motifs is 2. The van der Waals surface area contributed by atoms with E-state index in [9.17, 15) is 53.3 Å². The van der Waals surface area contributed by atoms with E-state index in [0.717, 1.165) is 6.07 Å². The van der Waals surface area contributed by atoms with Gasteiger partial charge in [-0.25, -0.2) is 34.6 Å². The van der Waals surface area contributed by atoms with Crippen molar-refractivity contribution in [1.29, 1.82) is 0 Å². The Bertz CT molecular complexity index is 2560. The van der Waals surface area contributed by atoms with Crippen molar-refractivity contribution in [3.63, 3.8) is 0 Å². The molecule has 0 saturated carbocycles. The molecule has 1 saturated heterocycles. The molecule has 0 aromatic heterocycles. The first kappa shape index (κ1) is 54.5. The van der Waals surface area contributed by atoms with Gasteiger partial charge in [0.2, 0.25) is 5.36 Å². The Morgan fingerprint density at radius 3 is 2.22 bits per heavy atom. The van der Waals surface area contributed by atoms with E-state index in [1.54, 1.807) is 42.2 Å². The van der Waals surface area contributed by atoms with E-state index in [1.165, 1.54) is 25.5 Å². The summed E-state index contributed by atoms with van der Waals surface area (Å²) in [6, 6.07) is 11.0. The molecular formula is C39H45N3Na2O16S3. The summed E-state index contributed by atoms with van der Waals surface area (Å²) in [4.78, 5) is 42.1. The number of hydrogen-bond acceptors (Lipinski definition) is 17. The zero-order chi connectivity index (χ0) is 44.6. The number of methoxy groups -OCH3 is 1. The number of nitrogens with zero attached hydrogens (tertiary/aromatic N) is 3. The first-order valence-electron chi connectivity index (χ1n) is 19.1. The Morgan fingerprint density at radius 2 is 1.57 bits per heavy atom. The normalized spacial score (nSPS) is 17.9. The molecule has 1 aromatic carbocycles. The predicted octanol–water partition coefficient (Wildman–Crippen LogP) is -4.34. The summed E-state index contributed by atoms with van der Waals surface area (Å²) in [5.41, 5.74) is 1.68. The first-order valence-corrected chi connectivity index (χ1v) is 23.6. The molecule has 24 heteroatoms. The van der Waals surface area contributed by atoms with Gasteiger partial charge in [-0.2, -0.15) is 0 Å². The fourth-order valence-corrected chi connectivity index (χ4v) is 8.70. The number of amides is 2. The summed E-state index contributed by atoms with van der Waals surface area (Å²) in [6.07, 6.45) is 6.36. The Hall–Kier alpha value is -2.81. The molecule has 0 bridgehead atoms. The van der Waals surface area contributed by atoms with E-state index < -0.39 is 70.0 Å². The molecule has 0 spiro atoms. The van der Waals surface area contributed by atoms with Gasteiger partial charge in [0.1, 0.15) is 29.0 Å². The van der Waals surface area contributed by atoms with Gasteiger partial charge in [-0.15, -0.1) is 5.06 Å². The molecule has 4 aliphatic rings. The van der Waals surface area contributed by atoms with Crippen LogP contribution in [0.4, 0.5) is 5.69 Å². The van der Waals surface area contributed by atoms with Gasteiger partial charge in [-0.1, -0.05) is 12.2 Å². The van der Waals surface area contributed by atoms with E-state index in [-0.39, 0.29) is 124 Å². The molecule has 0 N–H and O–H groups in total. The van der Waals surface area contributed by atoms with Gasteiger partial charge < -0.3 is 37.3 Å². The van der Waals surface area contributed by atoms with Gasteiger partial charge in [-0.05, 0) is 67.3 Å². The van der Waals surface area contributed by atoms with Gasteiger partial charge >= 0.3 is 65.1 Å². The van der Waals surface area contributed by atoms with Gasteiger partial charge in [0.15, 0.2) is 6.54 Å². The smallest absolute Gasteiger partial charge is 0.748 e. The Kier molecular flexibility index (Phi) is 20.4. The molecule has 3 heterocycles. The molecule has 332 valence electrons. The average Bonchev–Trinajstić information content (AvgIpc) is 3.61. The number of hydroxylamine groups is 2. The van der Waals surface area contributed by atoms with E-state index >= 15 is 0 Å². The Morgan fingerprint density at radius 1 is 0.889 bits per heavy atom. The van der Waals surface area contributed by atoms with Crippen LogP contribution in [0.5, 0.6) is 0 Å². The van der Waals surface area contributed by atoms with Crippen molar-refractivity contribution in [2.24, 2.45) is 0 Å². The quantitative estimate of drug-likeness (QED) is 0.0321. The maximum absolute atomic E-state index is 12.3. The van der Waals surface area contributed by atoms with Gasteiger partial charge in [0, 0.05) is 72.9 Å². The van der Waals surface area contributed by atoms with E-state index in [2.05, 4.69) is 0 Å². The standard InChI is InChI=1S/C39H47N3O16S3.2Na/c1-39(16-4-24-59(46,47)48)32-27-30(61(52,53)54)9-11-33(32)41(19-23-56-20-15-38(45)58-42-36(43)12-13-37(42)44)35(39)7-3-6-28-14-21-57-34-26-29(8-10-31(28)34)40(18-22-55-2)17-5-25-60(49,50)51;;/h3,6-11,14,21,26-27H,4-5,12-13,15-20,22-25H2,1-2H3,(H2-,46,47,48,49,50,51,52,53,54);;/q;2*+1/p-2. The van der Waals surface area contributed by atoms with Crippen LogP contribution in [-0.4, -0.2) is 120 Å². The Labute approximate surface area is 410 Å². The molecule has 3 aliphatic heterocycles. The van der Waals surface area contributed by atoms with Crippen LogP contribution < -0.4 is 73.9 Å². The van der Waals surface area contributed by atoms with Crippen LogP contribution in [0, 0.1) is 0 Å². The van der Waals surface area contributed by atoms with E-state index in [4.69, 9.17) is 18.7 Å². The fourth-order valence-electron chi connectivity index (χ4n) is 7.22.